The van der Waals surface area contributed by atoms with E-state index in [1.54, 1.807) is 18.6 Å². The number of fused-ring (bicyclic) bond motifs is 1. The molecule has 3 aromatic rings. The van der Waals surface area contributed by atoms with Crippen molar-refractivity contribution in [1.29, 1.82) is 0 Å². The topological polar surface area (TPSA) is 56.5 Å². The molecule has 0 amide bonds. The van der Waals surface area contributed by atoms with E-state index in [1.165, 1.54) is 11.8 Å². The number of halogens is 1. The van der Waals surface area contributed by atoms with Gasteiger partial charge in [0.2, 0.25) is 0 Å². The van der Waals surface area contributed by atoms with E-state index >= 15 is 0 Å². The third-order valence-electron chi connectivity index (χ3n) is 2.68. The van der Waals surface area contributed by atoms with Crippen LogP contribution in [0.25, 0.3) is 11.2 Å². The predicted octanol–water partition coefficient (Wildman–Crippen LogP) is 2.12. The normalized spacial score (nSPS) is 10.9. The Labute approximate surface area is 108 Å². The molecule has 3 heterocycles. The summed E-state index contributed by atoms with van der Waals surface area (Å²) in [5, 5.41) is 4.65. The fourth-order valence-corrected chi connectivity index (χ4v) is 1.90. The highest BCUT2D eigenvalue weighted by atomic mass is 35.5. The Balaban J connectivity index is 1.85. The van der Waals surface area contributed by atoms with E-state index in [0.29, 0.717) is 5.15 Å². The molecule has 0 N–H and O–H groups in total. The van der Waals surface area contributed by atoms with Crippen molar-refractivity contribution in [3.8, 4) is 0 Å². The molecule has 0 aliphatic rings. The van der Waals surface area contributed by atoms with Crippen molar-refractivity contribution in [3.63, 3.8) is 0 Å². The van der Waals surface area contributed by atoms with Crippen LogP contribution in [0.5, 0.6) is 0 Å². The molecule has 0 bridgehead atoms. The molecule has 0 saturated heterocycles. The van der Waals surface area contributed by atoms with Crippen molar-refractivity contribution in [2.45, 2.75) is 13.0 Å². The quantitative estimate of drug-likeness (QED) is 0.723. The summed E-state index contributed by atoms with van der Waals surface area (Å²) >= 11 is 5.84. The van der Waals surface area contributed by atoms with Crippen molar-refractivity contribution in [2.24, 2.45) is 0 Å². The van der Waals surface area contributed by atoms with Crippen molar-refractivity contribution >= 4 is 22.8 Å². The zero-order chi connectivity index (χ0) is 12.4. The SMILES string of the molecule is Clc1cnc2cnn(CCc3ccncc3)c2n1. The van der Waals surface area contributed by atoms with Gasteiger partial charge in [-0.2, -0.15) is 5.10 Å². The summed E-state index contributed by atoms with van der Waals surface area (Å²) < 4.78 is 1.81. The van der Waals surface area contributed by atoms with Crippen molar-refractivity contribution in [1.82, 2.24) is 24.7 Å². The van der Waals surface area contributed by atoms with Crippen LogP contribution in [0.2, 0.25) is 5.15 Å². The molecule has 0 fully saturated rings. The molecule has 0 spiro atoms. The smallest absolute Gasteiger partial charge is 0.178 e. The van der Waals surface area contributed by atoms with Gasteiger partial charge in [-0.05, 0) is 24.1 Å². The standard InChI is InChI=1S/C12H10ClN5/c13-11-8-15-10-7-16-18(12(10)17-11)6-3-9-1-4-14-5-2-9/h1-2,4-5,7-8H,3,6H2. The molecule has 0 aromatic carbocycles. The molecule has 6 heteroatoms. The van der Waals surface area contributed by atoms with Crippen LogP contribution in [0.15, 0.2) is 36.9 Å². The van der Waals surface area contributed by atoms with Gasteiger partial charge in [-0.3, -0.25) is 4.98 Å². The predicted molar refractivity (Wildman–Crippen MR) is 68.3 cm³/mol. The zero-order valence-electron chi connectivity index (χ0n) is 9.49. The van der Waals surface area contributed by atoms with E-state index in [-0.39, 0.29) is 0 Å². The van der Waals surface area contributed by atoms with Crippen molar-refractivity contribution in [2.75, 3.05) is 0 Å². The monoisotopic (exact) mass is 259 g/mol. The first-order chi connectivity index (χ1) is 8.83. The van der Waals surface area contributed by atoms with Gasteiger partial charge in [0.15, 0.2) is 5.65 Å². The second-order valence-corrected chi connectivity index (χ2v) is 4.26. The van der Waals surface area contributed by atoms with Crippen LogP contribution in [0.3, 0.4) is 0 Å². The van der Waals surface area contributed by atoms with Gasteiger partial charge in [-0.25, -0.2) is 14.6 Å². The van der Waals surface area contributed by atoms with E-state index in [1.807, 2.05) is 16.8 Å². The number of aryl methyl sites for hydroxylation is 2. The van der Waals surface area contributed by atoms with Crippen molar-refractivity contribution < 1.29 is 0 Å². The van der Waals surface area contributed by atoms with Gasteiger partial charge < -0.3 is 0 Å². The number of nitrogens with zero attached hydrogens (tertiary/aromatic N) is 5. The third kappa shape index (κ3) is 2.17. The highest BCUT2D eigenvalue weighted by Crippen LogP contribution is 2.12. The summed E-state index contributed by atoms with van der Waals surface area (Å²) in [6.07, 6.45) is 7.66. The fourth-order valence-electron chi connectivity index (χ4n) is 1.78. The van der Waals surface area contributed by atoms with Crippen LogP contribution in [0.1, 0.15) is 5.56 Å². The Morgan fingerprint density at radius 2 is 2.00 bits per heavy atom. The Hall–Kier alpha value is -2.01. The summed E-state index contributed by atoms with van der Waals surface area (Å²) in [5.74, 6) is 0. The molecule has 18 heavy (non-hydrogen) atoms. The molecule has 0 saturated carbocycles. The minimum Gasteiger partial charge on any atom is -0.265 e. The molecular weight excluding hydrogens is 250 g/mol. The molecule has 0 aliphatic heterocycles. The van der Waals surface area contributed by atoms with Crippen LogP contribution >= 0.6 is 11.6 Å². The minimum absolute atomic E-state index is 0.383. The van der Waals surface area contributed by atoms with Crippen LogP contribution in [0.4, 0.5) is 0 Å². The van der Waals surface area contributed by atoms with E-state index in [9.17, 15) is 0 Å². The third-order valence-corrected chi connectivity index (χ3v) is 2.86. The average molecular weight is 260 g/mol. The van der Waals surface area contributed by atoms with Gasteiger partial charge in [-0.15, -0.1) is 0 Å². The number of pyridine rings is 1. The summed E-state index contributed by atoms with van der Waals surface area (Å²) in [6.45, 7) is 0.739. The molecule has 90 valence electrons. The lowest BCUT2D eigenvalue weighted by molar-refractivity contribution is 0.629. The maximum Gasteiger partial charge on any atom is 0.178 e. The first kappa shape index (κ1) is 11.1. The van der Waals surface area contributed by atoms with Gasteiger partial charge in [0, 0.05) is 18.9 Å². The summed E-state index contributed by atoms with van der Waals surface area (Å²) in [7, 11) is 0. The summed E-state index contributed by atoms with van der Waals surface area (Å²) in [5.41, 5.74) is 2.69. The molecule has 3 rings (SSSR count). The second kappa shape index (κ2) is 4.70. The van der Waals surface area contributed by atoms with Crippen molar-refractivity contribution in [3.05, 3.63) is 47.6 Å². The Bertz CT molecular complexity index is 665. The second-order valence-electron chi connectivity index (χ2n) is 3.87. The lowest BCUT2D eigenvalue weighted by atomic mass is 10.2. The molecule has 5 nitrogen and oxygen atoms in total. The van der Waals surface area contributed by atoms with Gasteiger partial charge >= 0.3 is 0 Å². The number of hydrogen-bond donors (Lipinski definition) is 0. The van der Waals surface area contributed by atoms with Gasteiger partial charge in [0.1, 0.15) is 10.7 Å². The summed E-state index contributed by atoms with van der Waals surface area (Å²) in [4.78, 5) is 12.4. The molecule has 0 radical (unpaired) electrons. The van der Waals surface area contributed by atoms with Gasteiger partial charge in [-0.1, -0.05) is 11.6 Å². The molecular formula is C12H10ClN5. The molecule has 0 atom stereocenters. The Morgan fingerprint density at radius 1 is 1.17 bits per heavy atom. The van der Waals surface area contributed by atoms with Crippen LogP contribution in [-0.4, -0.2) is 24.7 Å². The minimum atomic E-state index is 0.383. The average Bonchev–Trinajstić information content (AvgIpc) is 2.80. The van der Waals surface area contributed by atoms with Crippen LogP contribution in [0, 0.1) is 0 Å². The fraction of sp³-hybridized carbons (Fsp3) is 0.167. The first-order valence-corrected chi connectivity index (χ1v) is 5.94. The first-order valence-electron chi connectivity index (χ1n) is 5.56. The lowest BCUT2D eigenvalue weighted by Crippen LogP contribution is -2.04. The molecule has 3 aromatic heterocycles. The largest absolute Gasteiger partial charge is 0.265 e. The van der Waals surface area contributed by atoms with Gasteiger partial charge in [0.25, 0.3) is 0 Å². The van der Waals surface area contributed by atoms with Gasteiger partial charge in [0.05, 0.1) is 12.4 Å². The highest BCUT2D eigenvalue weighted by molar-refractivity contribution is 6.29. The number of rotatable bonds is 3. The zero-order valence-corrected chi connectivity index (χ0v) is 10.2. The van der Waals surface area contributed by atoms with E-state index < -0.39 is 0 Å². The number of aromatic nitrogens is 5. The number of hydrogen-bond acceptors (Lipinski definition) is 4. The van der Waals surface area contributed by atoms with Crippen LogP contribution in [-0.2, 0) is 13.0 Å². The molecule has 0 aliphatic carbocycles. The molecule has 0 unspecified atom stereocenters. The summed E-state index contributed by atoms with van der Waals surface area (Å²) in [6, 6.07) is 3.98. The lowest BCUT2D eigenvalue weighted by Gasteiger charge is -2.02. The van der Waals surface area contributed by atoms with Crippen LogP contribution < -0.4 is 0 Å². The highest BCUT2D eigenvalue weighted by Gasteiger charge is 2.06. The van der Waals surface area contributed by atoms with E-state index in [4.69, 9.17) is 11.6 Å². The van der Waals surface area contributed by atoms with E-state index in [2.05, 4.69) is 20.1 Å². The Morgan fingerprint density at radius 3 is 2.83 bits per heavy atom. The Kier molecular flexibility index (Phi) is 2.90. The maximum atomic E-state index is 5.84. The van der Waals surface area contributed by atoms with E-state index in [0.717, 1.165) is 24.1 Å². The maximum absolute atomic E-state index is 5.84.